The van der Waals surface area contributed by atoms with E-state index < -0.39 is 0 Å². The minimum absolute atomic E-state index is 0.0195. The van der Waals surface area contributed by atoms with Crippen LogP contribution in [0.15, 0.2) is 85.1 Å². The van der Waals surface area contributed by atoms with Crippen LogP contribution < -0.4 is 0 Å². The molecule has 0 fully saturated rings. The van der Waals surface area contributed by atoms with Gasteiger partial charge in [-0.3, -0.25) is 4.79 Å². The van der Waals surface area contributed by atoms with Crippen molar-refractivity contribution in [2.24, 2.45) is 0 Å². The largest absolute Gasteiger partial charge is 0.383 e. The highest BCUT2D eigenvalue weighted by Crippen LogP contribution is 2.19. The summed E-state index contributed by atoms with van der Waals surface area (Å²) in [6.45, 7) is 4.46. The number of amides is 1. The second kappa shape index (κ2) is 9.63. The van der Waals surface area contributed by atoms with Crippen LogP contribution in [0.1, 0.15) is 27.2 Å². The van der Waals surface area contributed by atoms with Crippen molar-refractivity contribution in [2.45, 2.75) is 20.0 Å². The highest BCUT2D eigenvalue weighted by molar-refractivity contribution is 5.98. The third kappa shape index (κ3) is 5.04. The molecule has 0 spiro atoms. The Morgan fingerprint density at radius 2 is 1.77 bits per heavy atom. The second-order valence-corrected chi connectivity index (χ2v) is 7.90. The molecule has 0 bridgehead atoms. The van der Waals surface area contributed by atoms with Crippen molar-refractivity contribution in [1.82, 2.24) is 9.47 Å². The minimum Gasteiger partial charge on any atom is -0.383 e. The fraction of sp³-hybridized carbons (Fsp3) is 0.222. The molecule has 0 aliphatic heterocycles. The lowest BCUT2D eigenvalue weighted by Crippen LogP contribution is -2.34. The summed E-state index contributed by atoms with van der Waals surface area (Å²) < 4.78 is 7.50. The van der Waals surface area contributed by atoms with Crippen LogP contribution in [0.2, 0.25) is 0 Å². The third-order valence-electron chi connectivity index (χ3n) is 5.56. The number of hydrogen-bond acceptors (Lipinski definition) is 2. The predicted molar refractivity (Wildman–Crippen MR) is 125 cm³/mol. The van der Waals surface area contributed by atoms with Gasteiger partial charge < -0.3 is 14.2 Å². The molecule has 0 N–H and O–H groups in total. The van der Waals surface area contributed by atoms with Gasteiger partial charge in [0, 0.05) is 37.7 Å². The van der Waals surface area contributed by atoms with Gasteiger partial charge in [0.25, 0.3) is 5.91 Å². The highest BCUT2D eigenvalue weighted by Gasteiger charge is 2.18. The van der Waals surface area contributed by atoms with Crippen LogP contribution in [0.5, 0.6) is 0 Å². The maximum Gasteiger partial charge on any atom is 0.254 e. The SMILES string of the molecule is COCCN(Cc1cccn1Cc1cccc(C)c1)C(=O)c1ccc2ccccc2c1. The number of hydrogen-bond donors (Lipinski definition) is 0. The Morgan fingerprint density at radius 1 is 0.935 bits per heavy atom. The van der Waals surface area contributed by atoms with E-state index in [0.717, 1.165) is 23.0 Å². The number of methoxy groups -OCH3 is 1. The quantitative estimate of drug-likeness (QED) is 0.394. The lowest BCUT2D eigenvalue weighted by Gasteiger charge is -2.24. The van der Waals surface area contributed by atoms with Gasteiger partial charge in [-0.05, 0) is 47.5 Å². The van der Waals surface area contributed by atoms with E-state index in [-0.39, 0.29) is 5.91 Å². The van der Waals surface area contributed by atoms with Gasteiger partial charge in [0.1, 0.15) is 0 Å². The zero-order chi connectivity index (χ0) is 21.6. The number of carbonyl (C=O) groups excluding carboxylic acids is 1. The Balaban J connectivity index is 1.57. The molecule has 4 rings (SSSR count). The molecule has 1 aromatic heterocycles. The van der Waals surface area contributed by atoms with Crippen LogP contribution in [-0.2, 0) is 17.8 Å². The molecule has 0 saturated heterocycles. The van der Waals surface area contributed by atoms with Crippen LogP contribution in [0.25, 0.3) is 10.8 Å². The summed E-state index contributed by atoms with van der Waals surface area (Å²) in [6.07, 6.45) is 2.08. The van der Waals surface area contributed by atoms with E-state index in [9.17, 15) is 4.79 Å². The first-order valence-electron chi connectivity index (χ1n) is 10.6. The molecule has 0 unspecified atom stereocenters. The molecule has 3 aromatic carbocycles. The number of ether oxygens (including phenoxy) is 1. The van der Waals surface area contributed by atoms with Crippen LogP contribution in [-0.4, -0.2) is 35.6 Å². The average Bonchev–Trinajstić information content (AvgIpc) is 3.22. The zero-order valence-electron chi connectivity index (χ0n) is 18.1. The van der Waals surface area contributed by atoms with E-state index in [4.69, 9.17) is 4.74 Å². The monoisotopic (exact) mass is 412 g/mol. The Labute approximate surface area is 183 Å². The summed E-state index contributed by atoms with van der Waals surface area (Å²) in [4.78, 5) is 15.3. The zero-order valence-corrected chi connectivity index (χ0v) is 18.1. The van der Waals surface area contributed by atoms with Crippen molar-refractivity contribution in [1.29, 1.82) is 0 Å². The van der Waals surface area contributed by atoms with Gasteiger partial charge in [-0.1, -0.05) is 60.2 Å². The Hall–Kier alpha value is -3.37. The standard InChI is InChI=1S/C27H28N2O2/c1-21-7-5-8-22(17-21)19-28-14-6-11-26(28)20-29(15-16-31-2)27(30)25-13-12-23-9-3-4-10-24(23)18-25/h3-14,17-18H,15-16,19-20H2,1-2H3. The van der Waals surface area contributed by atoms with E-state index in [1.165, 1.54) is 11.1 Å². The van der Waals surface area contributed by atoms with Gasteiger partial charge in [0.15, 0.2) is 0 Å². The molecule has 4 aromatic rings. The molecule has 0 radical (unpaired) electrons. The predicted octanol–water partition coefficient (Wildman–Crippen LogP) is 5.29. The van der Waals surface area contributed by atoms with Gasteiger partial charge in [-0.2, -0.15) is 0 Å². The smallest absolute Gasteiger partial charge is 0.254 e. The van der Waals surface area contributed by atoms with E-state index in [1.54, 1.807) is 7.11 Å². The highest BCUT2D eigenvalue weighted by atomic mass is 16.5. The first kappa shape index (κ1) is 20.9. The molecule has 1 heterocycles. The third-order valence-corrected chi connectivity index (χ3v) is 5.56. The van der Waals surface area contributed by atoms with E-state index in [0.29, 0.717) is 25.3 Å². The van der Waals surface area contributed by atoms with Crippen LogP contribution in [0.3, 0.4) is 0 Å². The van der Waals surface area contributed by atoms with Crippen molar-refractivity contribution < 1.29 is 9.53 Å². The summed E-state index contributed by atoms with van der Waals surface area (Å²) in [5, 5.41) is 2.21. The lowest BCUT2D eigenvalue weighted by molar-refractivity contribution is 0.0676. The molecule has 31 heavy (non-hydrogen) atoms. The summed E-state index contributed by atoms with van der Waals surface area (Å²) >= 11 is 0. The number of carbonyl (C=O) groups is 1. The van der Waals surface area contributed by atoms with E-state index >= 15 is 0 Å². The van der Waals surface area contributed by atoms with Crippen LogP contribution in [0, 0.1) is 6.92 Å². The second-order valence-electron chi connectivity index (χ2n) is 7.90. The fourth-order valence-electron chi connectivity index (χ4n) is 3.91. The molecule has 4 heteroatoms. The number of fused-ring (bicyclic) bond motifs is 1. The van der Waals surface area contributed by atoms with Crippen LogP contribution >= 0.6 is 0 Å². The normalized spacial score (nSPS) is 11.0. The Kier molecular flexibility index (Phi) is 6.48. The Bertz CT molecular complexity index is 1180. The lowest BCUT2D eigenvalue weighted by atomic mass is 10.1. The molecule has 158 valence electrons. The van der Waals surface area contributed by atoms with E-state index in [1.807, 2.05) is 47.4 Å². The molecular weight excluding hydrogens is 384 g/mol. The average molecular weight is 413 g/mol. The van der Waals surface area contributed by atoms with Gasteiger partial charge in [-0.25, -0.2) is 0 Å². The van der Waals surface area contributed by atoms with Gasteiger partial charge >= 0.3 is 0 Å². The maximum absolute atomic E-state index is 13.4. The maximum atomic E-state index is 13.4. The van der Waals surface area contributed by atoms with Crippen molar-refractivity contribution >= 4 is 16.7 Å². The Morgan fingerprint density at radius 3 is 2.58 bits per heavy atom. The molecule has 1 amide bonds. The van der Waals surface area contributed by atoms with Gasteiger partial charge in [-0.15, -0.1) is 0 Å². The molecule has 4 nitrogen and oxygen atoms in total. The van der Waals surface area contributed by atoms with Crippen molar-refractivity contribution in [2.75, 3.05) is 20.3 Å². The fourth-order valence-corrected chi connectivity index (χ4v) is 3.91. The first-order chi connectivity index (χ1) is 15.1. The minimum atomic E-state index is 0.0195. The molecule has 0 aliphatic carbocycles. The van der Waals surface area contributed by atoms with Gasteiger partial charge in [0.05, 0.1) is 13.2 Å². The number of aromatic nitrogens is 1. The summed E-state index contributed by atoms with van der Waals surface area (Å²) in [5.74, 6) is 0.0195. The van der Waals surface area contributed by atoms with Crippen LogP contribution in [0.4, 0.5) is 0 Å². The summed E-state index contributed by atoms with van der Waals surface area (Å²) in [5.41, 5.74) is 4.31. The molecule has 0 aliphatic rings. The van der Waals surface area contributed by atoms with E-state index in [2.05, 4.69) is 54.1 Å². The molecule has 0 saturated carbocycles. The summed E-state index contributed by atoms with van der Waals surface area (Å²) in [6, 6.07) is 26.7. The van der Waals surface area contributed by atoms with Crippen molar-refractivity contribution in [3.63, 3.8) is 0 Å². The van der Waals surface area contributed by atoms with Gasteiger partial charge in [0.2, 0.25) is 0 Å². The molecular formula is C27H28N2O2. The van der Waals surface area contributed by atoms with Crippen molar-refractivity contribution in [3.8, 4) is 0 Å². The number of nitrogens with zero attached hydrogens (tertiary/aromatic N) is 2. The van der Waals surface area contributed by atoms with Crippen molar-refractivity contribution in [3.05, 3.63) is 107 Å². The number of aryl methyl sites for hydroxylation is 1. The first-order valence-corrected chi connectivity index (χ1v) is 10.6. The molecule has 0 atom stereocenters. The summed E-state index contributed by atoms with van der Waals surface area (Å²) in [7, 11) is 1.67. The topological polar surface area (TPSA) is 34.5 Å². The number of benzene rings is 3. The number of rotatable bonds is 8.